The van der Waals surface area contributed by atoms with Gasteiger partial charge in [-0.2, -0.15) is 12.7 Å². The van der Waals surface area contributed by atoms with E-state index in [-0.39, 0.29) is 39.9 Å². The summed E-state index contributed by atoms with van der Waals surface area (Å²) in [6.07, 6.45) is 1.06. The second-order valence-corrected chi connectivity index (χ2v) is 13.5. The number of ether oxygens (including phenoxy) is 2. The van der Waals surface area contributed by atoms with Gasteiger partial charge in [0.1, 0.15) is 11.1 Å². The van der Waals surface area contributed by atoms with Gasteiger partial charge in [-0.05, 0) is 68.1 Å². The first-order valence-electron chi connectivity index (χ1n) is 12.9. The van der Waals surface area contributed by atoms with Crippen molar-refractivity contribution in [2.24, 2.45) is 11.7 Å². The van der Waals surface area contributed by atoms with Gasteiger partial charge < -0.3 is 29.8 Å². The van der Waals surface area contributed by atoms with E-state index < -0.39 is 50.5 Å². The van der Waals surface area contributed by atoms with Gasteiger partial charge in [-0.25, -0.2) is 14.3 Å². The van der Waals surface area contributed by atoms with Crippen LogP contribution in [0.1, 0.15) is 68.2 Å². The second-order valence-electron chi connectivity index (χ2n) is 11.7. The summed E-state index contributed by atoms with van der Waals surface area (Å²) in [7, 11) is -4.35. The van der Waals surface area contributed by atoms with Crippen molar-refractivity contribution in [1.82, 2.24) is 14.3 Å². The maximum atomic E-state index is 13.0. The fourth-order valence-electron chi connectivity index (χ4n) is 4.29. The molecule has 1 amide bonds. The van der Waals surface area contributed by atoms with E-state index in [1.807, 2.05) is 27.7 Å². The van der Waals surface area contributed by atoms with Crippen LogP contribution in [-0.2, 0) is 33.8 Å². The van der Waals surface area contributed by atoms with Crippen molar-refractivity contribution in [3.63, 3.8) is 0 Å². The molecule has 4 N–H and O–H groups in total. The number of hydrogen-bond acceptors (Lipinski definition) is 9. The minimum Gasteiger partial charge on any atom is -0.465 e. The van der Waals surface area contributed by atoms with Crippen LogP contribution < -0.4 is 15.8 Å². The predicted octanol–water partition coefficient (Wildman–Crippen LogP) is 1.41. The monoisotopic (exact) mass is 548 g/mol. The van der Waals surface area contributed by atoms with E-state index in [0.717, 1.165) is 4.31 Å². The van der Waals surface area contributed by atoms with Gasteiger partial charge in [-0.15, -0.1) is 0 Å². The molecular formula is C23H45BN4O8S. The molecule has 0 spiro atoms. The number of nitrogens with zero attached hydrogens (tertiary/aromatic N) is 1. The number of nitrogens with two attached hydrogens (primary N) is 1. The molecule has 2 saturated heterocycles. The summed E-state index contributed by atoms with van der Waals surface area (Å²) in [5.74, 6) is -1.08. The Morgan fingerprint density at radius 3 is 2.27 bits per heavy atom. The van der Waals surface area contributed by atoms with E-state index in [1.165, 1.54) is 0 Å². The highest BCUT2D eigenvalue weighted by Crippen LogP contribution is 2.39. The number of alkyl carbamates (subject to hydrolysis) is 1. The number of esters is 1. The Bertz CT molecular complexity index is 908. The van der Waals surface area contributed by atoms with E-state index in [2.05, 4.69) is 10.0 Å². The molecule has 0 aromatic carbocycles. The molecule has 12 nitrogen and oxygen atoms in total. The Morgan fingerprint density at radius 1 is 1.14 bits per heavy atom. The number of nitrogens with one attached hydrogen (secondary N) is 2. The first-order valence-corrected chi connectivity index (χ1v) is 14.3. The van der Waals surface area contributed by atoms with Crippen LogP contribution in [0.4, 0.5) is 4.79 Å². The molecule has 0 aromatic heterocycles. The van der Waals surface area contributed by atoms with E-state index >= 15 is 0 Å². The zero-order chi connectivity index (χ0) is 28.3. The molecule has 214 valence electrons. The lowest BCUT2D eigenvalue weighted by atomic mass is 9.78. The number of carbonyl (C=O) groups is 2. The van der Waals surface area contributed by atoms with Crippen molar-refractivity contribution in [3.8, 4) is 0 Å². The van der Waals surface area contributed by atoms with Crippen LogP contribution in [0.3, 0.4) is 0 Å². The molecular weight excluding hydrogens is 503 g/mol. The van der Waals surface area contributed by atoms with Crippen molar-refractivity contribution in [3.05, 3.63) is 0 Å². The summed E-state index contributed by atoms with van der Waals surface area (Å²) >= 11 is 0. The SMILES string of the molecule is CCOC(=O)[C@@]1(N)CN(S(=O)(=O)NCCNC(=O)OC(C)(C)C)C[C@H]1CCCB1OC(C)(C)C(C)(C)O1. The molecule has 14 heteroatoms. The number of carbonyl (C=O) groups excluding carboxylic acids is 2. The van der Waals surface area contributed by atoms with Gasteiger partial charge in [0, 0.05) is 32.1 Å². The fourth-order valence-corrected chi connectivity index (χ4v) is 5.59. The lowest BCUT2D eigenvalue weighted by Gasteiger charge is -2.32. The highest BCUT2D eigenvalue weighted by molar-refractivity contribution is 7.87. The summed E-state index contributed by atoms with van der Waals surface area (Å²) in [5.41, 5.74) is 3.49. The van der Waals surface area contributed by atoms with Crippen LogP contribution in [-0.4, -0.2) is 87.0 Å². The normalized spacial score (nSPS) is 25.8. The van der Waals surface area contributed by atoms with Crippen molar-refractivity contribution in [2.75, 3.05) is 32.8 Å². The van der Waals surface area contributed by atoms with Crippen LogP contribution in [0.5, 0.6) is 0 Å². The molecule has 0 aromatic rings. The van der Waals surface area contributed by atoms with Gasteiger partial charge in [0.15, 0.2) is 0 Å². The summed E-state index contributed by atoms with van der Waals surface area (Å²) in [5, 5.41) is 2.50. The lowest BCUT2D eigenvalue weighted by molar-refractivity contribution is -0.150. The van der Waals surface area contributed by atoms with Gasteiger partial charge in [0.25, 0.3) is 10.2 Å². The molecule has 2 atom stereocenters. The van der Waals surface area contributed by atoms with E-state index in [0.29, 0.717) is 19.2 Å². The number of rotatable bonds is 11. The first-order chi connectivity index (χ1) is 16.8. The summed E-state index contributed by atoms with van der Waals surface area (Å²) < 4.78 is 52.0. The quantitative estimate of drug-likeness (QED) is 0.197. The lowest BCUT2D eigenvalue weighted by Crippen LogP contribution is -2.56. The topological polar surface area (TPSA) is 159 Å². The zero-order valence-electron chi connectivity index (χ0n) is 23.5. The molecule has 0 unspecified atom stereocenters. The van der Waals surface area contributed by atoms with Gasteiger partial charge in [0.2, 0.25) is 0 Å². The van der Waals surface area contributed by atoms with Crippen molar-refractivity contribution >= 4 is 29.4 Å². The molecule has 0 bridgehead atoms. The van der Waals surface area contributed by atoms with E-state index in [1.54, 1.807) is 27.7 Å². The van der Waals surface area contributed by atoms with Crippen LogP contribution in [0.2, 0.25) is 6.32 Å². The van der Waals surface area contributed by atoms with E-state index in [4.69, 9.17) is 24.5 Å². The van der Waals surface area contributed by atoms with Gasteiger partial charge in [0.05, 0.1) is 17.8 Å². The maximum absolute atomic E-state index is 13.0. The smallest absolute Gasteiger partial charge is 0.457 e. The van der Waals surface area contributed by atoms with Crippen LogP contribution in [0.25, 0.3) is 0 Å². The minimum atomic E-state index is -3.96. The van der Waals surface area contributed by atoms with Crippen molar-refractivity contribution in [2.45, 2.75) is 96.9 Å². The fraction of sp³-hybridized carbons (Fsp3) is 0.913. The Kier molecular flexibility index (Phi) is 10.1. The Balaban J connectivity index is 1.97. The van der Waals surface area contributed by atoms with E-state index in [9.17, 15) is 18.0 Å². The molecule has 2 heterocycles. The largest absolute Gasteiger partial charge is 0.465 e. The van der Waals surface area contributed by atoms with Crippen LogP contribution >= 0.6 is 0 Å². The maximum Gasteiger partial charge on any atom is 0.457 e. The molecule has 2 rings (SSSR count). The van der Waals surface area contributed by atoms with Gasteiger partial charge in [-0.3, -0.25) is 0 Å². The third kappa shape index (κ3) is 8.27. The number of amides is 1. The molecule has 2 aliphatic rings. The Labute approximate surface area is 222 Å². The Morgan fingerprint density at radius 2 is 1.73 bits per heavy atom. The molecule has 2 aliphatic heterocycles. The zero-order valence-corrected chi connectivity index (χ0v) is 24.3. The highest BCUT2D eigenvalue weighted by atomic mass is 32.2. The molecule has 2 fully saturated rings. The average molecular weight is 549 g/mol. The minimum absolute atomic E-state index is 0.0329. The van der Waals surface area contributed by atoms with Gasteiger partial charge in [-0.1, -0.05) is 6.42 Å². The third-order valence-electron chi connectivity index (χ3n) is 6.96. The van der Waals surface area contributed by atoms with Crippen molar-refractivity contribution in [1.29, 1.82) is 0 Å². The second kappa shape index (κ2) is 11.7. The molecule has 37 heavy (non-hydrogen) atoms. The first kappa shape index (κ1) is 31.8. The Hall–Kier alpha value is -1.45. The molecule has 0 radical (unpaired) electrons. The highest BCUT2D eigenvalue weighted by Gasteiger charge is 2.54. The van der Waals surface area contributed by atoms with Crippen LogP contribution in [0, 0.1) is 5.92 Å². The van der Waals surface area contributed by atoms with Crippen LogP contribution in [0.15, 0.2) is 0 Å². The predicted molar refractivity (Wildman–Crippen MR) is 140 cm³/mol. The summed E-state index contributed by atoms with van der Waals surface area (Å²) in [4.78, 5) is 24.6. The molecule has 0 aliphatic carbocycles. The summed E-state index contributed by atoms with van der Waals surface area (Å²) in [6.45, 7) is 14.8. The van der Waals surface area contributed by atoms with Gasteiger partial charge >= 0.3 is 19.2 Å². The third-order valence-corrected chi connectivity index (χ3v) is 8.48. The average Bonchev–Trinajstić information content (AvgIpc) is 3.18. The van der Waals surface area contributed by atoms with Crippen molar-refractivity contribution < 1.29 is 36.8 Å². The molecule has 0 saturated carbocycles. The number of hydrogen-bond donors (Lipinski definition) is 3. The summed E-state index contributed by atoms with van der Waals surface area (Å²) in [6, 6.07) is 0. The standard InChI is InChI=1S/C23H45BN4O8S/c1-9-33-18(29)23(25)16-28(37(31,32)27-14-13-26-19(30)34-20(2,3)4)15-17(23)11-10-12-24-35-21(5,6)22(7,8)36-24/h17,27H,9-16,25H2,1-8H3,(H,26,30)/t17-,23-/m1/s1.